The third kappa shape index (κ3) is 4.29. The van der Waals surface area contributed by atoms with Crippen LogP contribution in [0.25, 0.3) is 0 Å². The molecule has 2 rings (SSSR count). The van der Waals surface area contributed by atoms with Crippen LogP contribution in [0.3, 0.4) is 0 Å². The van der Waals surface area contributed by atoms with Crippen molar-refractivity contribution in [2.45, 2.75) is 19.4 Å². The number of hydrogen-bond donors (Lipinski definition) is 2. The van der Waals surface area contributed by atoms with Gasteiger partial charge in [0.2, 0.25) is 0 Å². The largest absolute Gasteiger partial charge is 0.481 e. The number of nitrogens with two attached hydrogens (primary N) is 1. The van der Waals surface area contributed by atoms with Crippen LogP contribution in [-0.2, 0) is 4.79 Å². The molecule has 0 aliphatic rings. The second-order valence-corrected chi connectivity index (χ2v) is 4.87. The monoisotopic (exact) mass is 316 g/mol. The highest BCUT2D eigenvalue weighted by molar-refractivity contribution is 6.04. The summed E-state index contributed by atoms with van der Waals surface area (Å²) < 4.78 is 18.5. The van der Waals surface area contributed by atoms with Crippen molar-refractivity contribution in [3.8, 4) is 5.75 Å². The van der Waals surface area contributed by atoms with Crippen molar-refractivity contribution in [3.63, 3.8) is 0 Å². The van der Waals surface area contributed by atoms with Gasteiger partial charge in [0.1, 0.15) is 11.6 Å². The number of para-hydroxylation sites is 1. The maximum Gasteiger partial charge on any atom is 0.265 e. The van der Waals surface area contributed by atoms with E-state index in [1.54, 1.807) is 25.1 Å². The lowest BCUT2D eigenvalue weighted by atomic mass is 10.1. The third-order valence-corrected chi connectivity index (χ3v) is 3.21. The van der Waals surface area contributed by atoms with E-state index in [2.05, 4.69) is 5.32 Å². The molecule has 0 fully saturated rings. The first-order valence-electron chi connectivity index (χ1n) is 7.13. The first-order chi connectivity index (χ1) is 11.0. The molecule has 0 radical (unpaired) electrons. The fraction of sp³-hybridized carbons (Fsp3) is 0.176. The Bertz CT molecular complexity index is 701. The summed E-state index contributed by atoms with van der Waals surface area (Å²) >= 11 is 0. The number of nitrogens with one attached hydrogen (secondary N) is 1. The quantitative estimate of drug-likeness (QED) is 0.859. The molecule has 120 valence electrons. The first-order valence-corrected chi connectivity index (χ1v) is 7.13. The van der Waals surface area contributed by atoms with Crippen molar-refractivity contribution in [2.75, 3.05) is 5.32 Å². The summed E-state index contributed by atoms with van der Waals surface area (Å²) in [6.07, 6.45) is -0.372. The number of amides is 2. The van der Waals surface area contributed by atoms with E-state index >= 15 is 0 Å². The Kier molecular flexibility index (Phi) is 5.30. The fourth-order valence-electron chi connectivity index (χ4n) is 2.02. The molecule has 2 aromatic rings. The Morgan fingerprint density at radius 2 is 1.83 bits per heavy atom. The summed E-state index contributed by atoms with van der Waals surface area (Å²) in [5.41, 5.74) is 5.82. The Balaban J connectivity index is 2.11. The molecule has 2 aromatic carbocycles. The molecule has 0 saturated heterocycles. The summed E-state index contributed by atoms with van der Waals surface area (Å²) in [5.74, 6) is -1.04. The predicted molar refractivity (Wildman–Crippen MR) is 84.7 cm³/mol. The van der Waals surface area contributed by atoms with E-state index in [1.165, 1.54) is 30.3 Å². The molecule has 0 saturated carbocycles. The molecule has 0 aliphatic carbocycles. The molecule has 0 unspecified atom stereocenters. The fourth-order valence-corrected chi connectivity index (χ4v) is 2.02. The molecule has 0 heterocycles. The molecular weight excluding hydrogens is 299 g/mol. The van der Waals surface area contributed by atoms with Crippen molar-refractivity contribution < 1.29 is 18.7 Å². The normalized spacial score (nSPS) is 11.6. The molecule has 5 nitrogen and oxygen atoms in total. The zero-order chi connectivity index (χ0) is 16.8. The zero-order valence-corrected chi connectivity index (χ0v) is 12.6. The number of carbonyl (C=O) groups excluding carboxylic acids is 2. The van der Waals surface area contributed by atoms with Gasteiger partial charge in [0.15, 0.2) is 6.10 Å². The smallest absolute Gasteiger partial charge is 0.265 e. The minimum Gasteiger partial charge on any atom is -0.481 e. The summed E-state index contributed by atoms with van der Waals surface area (Å²) in [4.78, 5) is 23.7. The van der Waals surface area contributed by atoms with E-state index in [9.17, 15) is 14.0 Å². The molecule has 3 N–H and O–H groups in total. The van der Waals surface area contributed by atoms with Gasteiger partial charge in [0, 0.05) is 0 Å². The van der Waals surface area contributed by atoms with Crippen molar-refractivity contribution in [1.29, 1.82) is 0 Å². The molecule has 2 amide bonds. The van der Waals surface area contributed by atoms with E-state index in [4.69, 9.17) is 10.5 Å². The van der Waals surface area contributed by atoms with Gasteiger partial charge in [0.05, 0.1) is 11.3 Å². The number of primary amides is 1. The molecule has 0 aliphatic heterocycles. The predicted octanol–water partition coefficient (Wildman–Crippen LogP) is 2.72. The number of hydrogen-bond acceptors (Lipinski definition) is 3. The van der Waals surface area contributed by atoms with E-state index in [-0.39, 0.29) is 11.4 Å². The Labute approximate surface area is 133 Å². The summed E-state index contributed by atoms with van der Waals surface area (Å²) in [5, 5.41) is 2.64. The standard InChI is InChI=1S/C17H17FN2O3/c1-2-15(23-12-9-7-11(18)8-10-12)17(22)20-14-6-4-3-5-13(14)16(19)21/h3-10,15H,2H2,1H3,(H2,19,21)(H,20,22)/t15-/m1/s1. The number of benzene rings is 2. The average Bonchev–Trinajstić information content (AvgIpc) is 2.54. The van der Waals surface area contributed by atoms with Crippen molar-refractivity contribution >= 4 is 17.5 Å². The number of ether oxygens (including phenoxy) is 1. The van der Waals surface area contributed by atoms with Crippen LogP contribution in [0.4, 0.5) is 10.1 Å². The minimum atomic E-state index is -0.776. The van der Waals surface area contributed by atoms with Crippen molar-refractivity contribution in [3.05, 3.63) is 59.9 Å². The van der Waals surface area contributed by atoms with Gasteiger partial charge in [0.25, 0.3) is 11.8 Å². The van der Waals surface area contributed by atoms with Gasteiger partial charge in [-0.1, -0.05) is 19.1 Å². The van der Waals surface area contributed by atoms with E-state index in [0.29, 0.717) is 17.9 Å². The highest BCUT2D eigenvalue weighted by Crippen LogP contribution is 2.18. The van der Waals surface area contributed by atoms with Gasteiger partial charge >= 0.3 is 0 Å². The van der Waals surface area contributed by atoms with Crippen LogP contribution in [0.1, 0.15) is 23.7 Å². The first kappa shape index (κ1) is 16.5. The van der Waals surface area contributed by atoms with Gasteiger partial charge in [-0.05, 0) is 42.8 Å². The summed E-state index contributed by atoms with van der Waals surface area (Å²) in [6, 6.07) is 11.9. The highest BCUT2D eigenvalue weighted by Gasteiger charge is 2.20. The molecule has 23 heavy (non-hydrogen) atoms. The Morgan fingerprint density at radius 3 is 2.43 bits per heavy atom. The number of carbonyl (C=O) groups is 2. The lowest BCUT2D eigenvalue weighted by Gasteiger charge is -2.18. The van der Waals surface area contributed by atoms with Gasteiger partial charge in [-0.3, -0.25) is 9.59 Å². The van der Waals surface area contributed by atoms with Crippen LogP contribution in [0.15, 0.2) is 48.5 Å². The second kappa shape index (κ2) is 7.40. The maximum atomic E-state index is 12.9. The lowest BCUT2D eigenvalue weighted by molar-refractivity contribution is -0.122. The second-order valence-electron chi connectivity index (χ2n) is 4.87. The molecule has 6 heteroatoms. The van der Waals surface area contributed by atoms with Crippen LogP contribution in [0, 0.1) is 5.82 Å². The number of anilines is 1. The molecule has 1 atom stereocenters. The average molecular weight is 316 g/mol. The molecule has 0 spiro atoms. The van der Waals surface area contributed by atoms with Crippen LogP contribution < -0.4 is 15.8 Å². The third-order valence-electron chi connectivity index (χ3n) is 3.21. The maximum absolute atomic E-state index is 12.9. The highest BCUT2D eigenvalue weighted by atomic mass is 19.1. The number of halogens is 1. The van der Waals surface area contributed by atoms with Crippen LogP contribution >= 0.6 is 0 Å². The van der Waals surface area contributed by atoms with Gasteiger partial charge in [-0.2, -0.15) is 0 Å². The zero-order valence-electron chi connectivity index (χ0n) is 12.6. The van der Waals surface area contributed by atoms with E-state index in [1.807, 2.05) is 0 Å². The summed E-state index contributed by atoms with van der Waals surface area (Å²) in [7, 11) is 0. The van der Waals surface area contributed by atoms with Crippen molar-refractivity contribution in [2.24, 2.45) is 5.73 Å². The van der Waals surface area contributed by atoms with E-state index in [0.717, 1.165) is 0 Å². The van der Waals surface area contributed by atoms with Crippen LogP contribution in [-0.4, -0.2) is 17.9 Å². The minimum absolute atomic E-state index is 0.220. The molecule has 0 aromatic heterocycles. The Hall–Kier alpha value is -2.89. The van der Waals surface area contributed by atoms with Gasteiger partial charge in [-0.15, -0.1) is 0 Å². The van der Waals surface area contributed by atoms with Crippen LogP contribution in [0.5, 0.6) is 5.75 Å². The van der Waals surface area contributed by atoms with E-state index < -0.39 is 17.9 Å². The van der Waals surface area contributed by atoms with Gasteiger partial charge in [-0.25, -0.2) is 4.39 Å². The van der Waals surface area contributed by atoms with Crippen LogP contribution in [0.2, 0.25) is 0 Å². The number of rotatable bonds is 6. The Morgan fingerprint density at radius 1 is 1.17 bits per heavy atom. The van der Waals surface area contributed by atoms with Crippen molar-refractivity contribution in [1.82, 2.24) is 0 Å². The molecular formula is C17H17FN2O3. The molecule has 0 bridgehead atoms. The SMILES string of the molecule is CC[C@@H](Oc1ccc(F)cc1)C(=O)Nc1ccccc1C(N)=O. The summed E-state index contributed by atoms with van der Waals surface area (Å²) in [6.45, 7) is 1.79. The lowest BCUT2D eigenvalue weighted by Crippen LogP contribution is -2.33. The topological polar surface area (TPSA) is 81.4 Å². The van der Waals surface area contributed by atoms with Gasteiger partial charge < -0.3 is 15.8 Å².